The van der Waals surface area contributed by atoms with Gasteiger partial charge in [-0.3, -0.25) is 4.98 Å². The molecule has 1 unspecified atom stereocenters. The molecule has 3 heterocycles. The minimum absolute atomic E-state index is 0.0708. The lowest BCUT2D eigenvalue weighted by Crippen LogP contribution is -2.47. The normalized spacial score (nSPS) is 18.4. The topological polar surface area (TPSA) is 61.0 Å². The van der Waals surface area contributed by atoms with Crippen LogP contribution in [0.1, 0.15) is 46.8 Å². The summed E-state index contributed by atoms with van der Waals surface area (Å²) in [5.41, 5.74) is 6.80. The van der Waals surface area contributed by atoms with Crippen molar-refractivity contribution in [2.75, 3.05) is 11.9 Å². The van der Waals surface area contributed by atoms with Gasteiger partial charge in [-0.1, -0.05) is 18.2 Å². The molecular formula is C27H25FN4O. The van der Waals surface area contributed by atoms with Crippen LogP contribution in [-0.2, 0) is 5.41 Å². The summed E-state index contributed by atoms with van der Waals surface area (Å²) in [7, 11) is 0. The van der Waals surface area contributed by atoms with Crippen molar-refractivity contribution in [3.05, 3.63) is 94.7 Å². The first-order valence-electron chi connectivity index (χ1n) is 11.3. The first-order valence-corrected chi connectivity index (χ1v) is 11.3. The highest BCUT2D eigenvalue weighted by molar-refractivity contribution is 5.92. The molecule has 33 heavy (non-hydrogen) atoms. The maximum absolute atomic E-state index is 14.3. The zero-order valence-corrected chi connectivity index (χ0v) is 18.7. The number of nitrogens with one attached hydrogen (secondary N) is 2. The fourth-order valence-electron chi connectivity index (χ4n) is 5.51. The van der Waals surface area contributed by atoms with E-state index in [1.807, 2.05) is 55.4 Å². The van der Waals surface area contributed by atoms with Crippen molar-refractivity contribution in [1.29, 1.82) is 0 Å². The molecule has 2 N–H and O–H groups in total. The Morgan fingerprint density at radius 1 is 1.15 bits per heavy atom. The number of fused-ring (bicyclic) bond motifs is 4. The Labute approximate surface area is 191 Å². The Kier molecular flexibility index (Phi) is 4.34. The number of hydrogen-bond acceptors (Lipinski definition) is 2. The molecule has 0 saturated heterocycles. The Hall–Kier alpha value is -3.67. The lowest BCUT2D eigenvalue weighted by Gasteiger charge is -2.40. The molecule has 0 radical (unpaired) electrons. The van der Waals surface area contributed by atoms with Crippen LogP contribution in [0.2, 0.25) is 0 Å². The third-order valence-corrected chi connectivity index (χ3v) is 6.97. The molecule has 2 amide bonds. The number of hydrogen-bond donors (Lipinski definition) is 2. The number of aromatic nitrogens is 2. The molecule has 1 aliphatic heterocycles. The van der Waals surface area contributed by atoms with Crippen LogP contribution >= 0.6 is 0 Å². The monoisotopic (exact) mass is 440 g/mol. The van der Waals surface area contributed by atoms with Crippen molar-refractivity contribution in [3.63, 3.8) is 0 Å². The number of benzene rings is 2. The molecule has 6 rings (SSSR count). The van der Waals surface area contributed by atoms with E-state index in [2.05, 4.69) is 21.4 Å². The fraction of sp³-hybridized carbons (Fsp3) is 0.259. The van der Waals surface area contributed by atoms with E-state index < -0.39 is 6.04 Å². The molecule has 0 bridgehead atoms. The van der Waals surface area contributed by atoms with Gasteiger partial charge < -0.3 is 15.2 Å². The molecule has 1 spiro atoms. The number of urea groups is 1. The molecular weight excluding hydrogens is 415 g/mol. The predicted octanol–water partition coefficient (Wildman–Crippen LogP) is 5.99. The molecule has 4 aromatic rings. The van der Waals surface area contributed by atoms with E-state index in [1.54, 1.807) is 6.07 Å². The molecule has 1 aliphatic carbocycles. The van der Waals surface area contributed by atoms with Crippen LogP contribution in [0.4, 0.5) is 14.9 Å². The number of H-pyrrole nitrogens is 1. The van der Waals surface area contributed by atoms with Crippen molar-refractivity contribution in [2.24, 2.45) is 0 Å². The average molecular weight is 441 g/mol. The molecule has 1 atom stereocenters. The highest BCUT2D eigenvalue weighted by Gasteiger charge is 2.54. The Morgan fingerprint density at radius 2 is 1.94 bits per heavy atom. The highest BCUT2D eigenvalue weighted by atomic mass is 19.1. The van der Waals surface area contributed by atoms with Gasteiger partial charge in [0.2, 0.25) is 0 Å². The maximum Gasteiger partial charge on any atom is 0.322 e. The highest BCUT2D eigenvalue weighted by Crippen LogP contribution is 2.57. The summed E-state index contributed by atoms with van der Waals surface area (Å²) in [6, 6.07) is 14.0. The summed E-state index contributed by atoms with van der Waals surface area (Å²) in [4.78, 5) is 23.4. The molecule has 2 aromatic heterocycles. The van der Waals surface area contributed by atoms with Gasteiger partial charge in [-0.2, -0.15) is 0 Å². The van der Waals surface area contributed by atoms with Crippen LogP contribution in [0, 0.1) is 19.7 Å². The molecule has 166 valence electrons. The van der Waals surface area contributed by atoms with Gasteiger partial charge in [0, 0.05) is 34.9 Å². The Bertz CT molecular complexity index is 1380. The molecule has 1 saturated carbocycles. The van der Waals surface area contributed by atoms with Crippen molar-refractivity contribution in [2.45, 2.75) is 38.1 Å². The number of carbonyl (C=O) groups excluding carboxylic acids is 1. The Balaban J connectivity index is 1.49. The van der Waals surface area contributed by atoms with Gasteiger partial charge in [-0.15, -0.1) is 0 Å². The minimum Gasteiger partial charge on any atom is -0.355 e. The third kappa shape index (κ3) is 3.28. The fourth-order valence-corrected chi connectivity index (χ4v) is 5.51. The number of pyridine rings is 1. The number of amides is 2. The third-order valence-electron chi connectivity index (χ3n) is 6.97. The van der Waals surface area contributed by atoms with Crippen LogP contribution in [0.3, 0.4) is 0 Å². The zero-order chi connectivity index (χ0) is 22.7. The summed E-state index contributed by atoms with van der Waals surface area (Å²) < 4.78 is 14.3. The first-order chi connectivity index (χ1) is 15.9. The largest absolute Gasteiger partial charge is 0.355 e. The number of aryl methyl sites for hydroxylation is 2. The van der Waals surface area contributed by atoms with E-state index in [0.717, 1.165) is 51.8 Å². The molecule has 6 heteroatoms. The quantitative estimate of drug-likeness (QED) is 0.402. The van der Waals surface area contributed by atoms with Crippen molar-refractivity contribution >= 4 is 22.6 Å². The number of anilines is 1. The number of rotatable bonds is 2. The predicted molar refractivity (Wildman–Crippen MR) is 127 cm³/mol. The van der Waals surface area contributed by atoms with E-state index in [9.17, 15) is 9.18 Å². The van der Waals surface area contributed by atoms with Gasteiger partial charge >= 0.3 is 6.03 Å². The van der Waals surface area contributed by atoms with Gasteiger partial charge in [-0.05, 0) is 79.3 Å². The summed E-state index contributed by atoms with van der Waals surface area (Å²) >= 11 is 0. The second-order valence-corrected chi connectivity index (χ2v) is 9.51. The van der Waals surface area contributed by atoms with E-state index in [4.69, 9.17) is 0 Å². The second kappa shape index (κ2) is 7.17. The molecule has 5 nitrogen and oxygen atoms in total. The SMILES string of the molecule is Cc1cc(C)cc(NC(=O)N2CC3(CC3)c3c([nH]c4cnccc34)C2c2cccc(F)c2)c1. The van der Waals surface area contributed by atoms with Crippen LogP contribution in [0.15, 0.2) is 60.9 Å². The van der Waals surface area contributed by atoms with Gasteiger partial charge in [-0.25, -0.2) is 9.18 Å². The van der Waals surface area contributed by atoms with Crippen molar-refractivity contribution < 1.29 is 9.18 Å². The van der Waals surface area contributed by atoms with Gasteiger partial charge in [0.15, 0.2) is 0 Å². The van der Waals surface area contributed by atoms with E-state index >= 15 is 0 Å². The average Bonchev–Trinajstić information content (AvgIpc) is 3.41. The van der Waals surface area contributed by atoms with E-state index in [1.165, 1.54) is 17.7 Å². The minimum atomic E-state index is -0.416. The maximum atomic E-state index is 14.3. The van der Waals surface area contributed by atoms with Crippen LogP contribution in [0.25, 0.3) is 10.9 Å². The number of aromatic amines is 1. The summed E-state index contributed by atoms with van der Waals surface area (Å²) in [5.74, 6) is -0.312. The molecule has 2 aromatic carbocycles. The second-order valence-electron chi connectivity index (χ2n) is 9.51. The summed E-state index contributed by atoms with van der Waals surface area (Å²) in [5, 5.41) is 4.25. The Morgan fingerprint density at radius 3 is 2.67 bits per heavy atom. The molecule has 1 fully saturated rings. The zero-order valence-electron chi connectivity index (χ0n) is 18.7. The van der Waals surface area contributed by atoms with Crippen LogP contribution in [0.5, 0.6) is 0 Å². The van der Waals surface area contributed by atoms with Gasteiger partial charge in [0.25, 0.3) is 0 Å². The summed E-state index contributed by atoms with van der Waals surface area (Å²) in [6.07, 6.45) is 5.69. The summed E-state index contributed by atoms with van der Waals surface area (Å²) in [6.45, 7) is 4.62. The molecule has 2 aliphatic rings. The van der Waals surface area contributed by atoms with Gasteiger partial charge in [0.05, 0.1) is 17.8 Å². The lowest BCUT2D eigenvalue weighted by molar-refractivity contribution is 0.181. The number of nitrogens with zero attached hydrogens (tertiary/aromatic N) is 2. The lowest BCUT2D eigenvalue weighted by atomic mass is 9.83. The van der Waals surface area contributed by atoms with Gasteiger partial charge in [0.1, 0.15) is 5.82 Å². The van der Waals surface area contributed by atoms with E-state index in [-0.39, 0.29) is 17.3 Å². The van der Waals surface area contributed by atoms with Crippen LogP contribution < -0.4 is 5.32 Å². The smallest absolute Gasteiger partial charge is 0.322 e. The van der Waals surface area contributed by atoms with Crippen molar-refractivity contribution in [1.82, 2.24) is 14.9 Å². The number of halogens is 1. The van der Waals surface area contributed by atoms with Crippen LogP contribution in [-0.4, -0.2) is 27.4 Å². The van der Waals surface area contributed by atoms with Crippen molar-refractivity contribution in [3.8, 4) is 0 Å². The van der Waals surface area contributed by atoms with E-state index in [0.29, 0.717) is 6.54 Å². The number of carbonyl (C=O) groups is 1. The first kappa shape index (κ1) is 20.0. The standard InChI is InChI=1S/C27H25FN4O/c1-16-10-17(2)12-20(11-16)30-26(33)32-15-27(7-8-27)23-21-6-9-29-14-22(21)31-24(23)25(32)18-4-3-5-19(28)13-18/h3-6,9-14,25,31H,7-8,15H2,1-2H3,(H,30,33).